The fourth-order valence-electron chi connectivity index (χ4n) is 2.16. The SMILES string of the molecule is O=C(O)Nc1ccc(-c2n[nH]c(-c3ccc(OC(F)(F)F)cc3)n2)cc1. The van der Waals surface area contributed by atoms with Gasteiger partial charge in [-0.3, -0.25) is 10.4 Å². The van der Waals surface area contributed by atoms with E-state index in [2.05, 4.69) is 25.2 Å². The molecule has 2 aromatic carbocycles. The normalized spacial score (nSPS) is 11.2. The Bertz CT molecular complexity index is 906. The topological polar surface area (TPSA) is 100 Å². The van der Waals surface area contributed by atoms with Crippen LogP contribution in [0, 0.1) is 0 Å². The van der Waals surface area contributed by atoms with Crippen LogP contribution in [0.2, 0.25) is 0 Å². The molecular formula is C16H11F3N4O3. The fourth-order valence-corrected chi connectivity index (χ4v) is 2.16. The number of H-pyrrole nitrogens is 1. The van der Waals surface area contributed by atoms with Crippen LogP contribution >= 0.6 is 0 Å². The van der Waals surface area contributed by atoms with Crippen molar-refractivity contribution >= 4 is 11.8 Å². The number of nitrogens with zero attached hydrogens (tertiary/aromatic N) is 2. The lowest BCUT2D eigenvalue weighted by Crippen LogP contribution is -2.16. The number of ether oxygens (including phenoxy) is 1. The number of carboxylic acid groups (broad SMARTS) is 1. The van der Waals surface area contributed by atoms with Gasteiger partial charge in [-0.1, -0.05) is 0 Å². The van der Waals surface area contributed by atoms with Crippen LogP contribution in [0.1, 0.15) is 0 Å². The largest absolute Gasteiger partial charge is 0.573 e. The maximum absolute atomic E-state index is 12.2. The van der Waals surface area contributed by atoms with Gasteiger partial charge in [0, 0.05) is 16.8 Å². The summed E-state index contributed by atoms with van der Waals surface area (Å²) in [5.41, 5.74) is 1.57. The summed E-state index contributed by atoms with van der Waals surface area (Å²) < 4.78 is 40.3. The predicted octanol–water partition coefficient (Wildman–Crippen LogP) is 4.13. The highest BCUT2D eigenvalue weighted by atomic mass is 19.4. The quantitative estimate of drug-likeness (QED) is 0.646. The van der Waals surface area contributed by atoms with Gasteiger partial charge in [-0.2, -0.15) is 5.10 Å². The molecule has 0 aliphatic carbocycles. The predicted molar refractivity (Wildman–Crippen MR) is 85.6 cm³/mol. The minimum Gasteiger partial charge on any atom is -0.465 e. The average Bonchev–Trinajstić information content (AvgIpc) is 3.04. The van der Waals surface area contributed by atoms with E-state index in [0.29, 0.717) is 28.5 Å². The molecule has 0 aliphatic rings. The standard InChI is InChI=1S/C16H11F3N4O3/c17-16(18,19)26-12-7-3-10(4-8-12)14-21-13(22-23-14)9-1-5-11(6-2-9)20-15(24)25/h1-8,20H,(H,24,25)(H,21,22,23). The molecule has 3 N–H and O–H groups in total. The molecule has 0 saturated carbocycles. The van der Waals surface area contributed by atoms with Crippen LogP contribution in [0.25, 0.3) is 22.8 Å². The summed E-state index contributed by atoms with van der Waals surface area (Å²) in [6, 6.07) is 11.6. The molecule has 0 bridgehead atoms. The number of hydrogen-bond donors (Lipinski definition) is 3. The van der Waals surface area contributed by atoms with Crippen molar-refractivity contribution < 1.29 is 27.8 Å². The van der Waals surface area contributed by atoms with Crippen LogP contribution < -0.4 is 10.1 Å². The summed E-state index contributed by atoms with van der Waals surface area (Å²) in [5.74, 6) is 0.395. The van der Waals surface area contributed by atoms with Crippen molar-refractivity contribution in [3.8, 4) is 28.5 Å². The van der Waals surface area contributed by atoms with Crippen molar-refractivity contribution in [3.63, 3.8) is 0 Å². The summed E-state index contributed by atoms with van der Waals surface area (Å²) in [4.78, 5) is 14.9. The Morgan fingerprint density at radius 1 is 1.04 bits per heavy atom. The lowest BCUT2D eigenvalue weighted by Gasteiger charge is -2.08. The van der Waals surface area contributed by atoms with Gasteiger partial charge in [0.1, 0.15) is 5.75 Å². The molecular weight excluding hydrogens is 353 g/mol. The molecule has 0 aliphatic heterocycles. The number of benzene rings is 2. The fraction of sp³-hybridized carbons (Fsp3) is 0.0625. The summed E-state index contributed by atoms with van der Waals surface area (Å²) in [6.45, 7) is 0. The van der Waals surface area contributed by atoms with E-state index in [0.717, 1.165) is 0 Å². The molecule has 0 atom stereocenters. The number of alkyl halides is 3. The molecule has 7 nitrogen and oxygen atoms in total. The number of anilines is 1. The van der Waals surface area contributed by atoms with Gasteiger partial charge in [0.15, 0.2) is 11.6 Å². The molecule has 134 valence electrons. The molecule has 26 heavy (non-hydrogen) atoms. The number of nitrogens with one attached hydrogen (secondary N) is 2. The molecule has 3 aromatic rings. The first kappa shape index (κ1) is 17.3. The molecule has 0 saturated heterocycles. The Morgan fingerprint density at radius 2 is 1.65 bits per heavy atom. The van der Waals surface area contributed by atoms with Crippen molar-refractivity contribution in [3.05, 3.63) is 48.5 Å². The second-order valence-corrected chi connectivity index (χ2v) is 5.09. The Morgan fingerprint density at radius 3 is 2.23 bits per heavy atom. The molecule has 0 spiro atoms. The third kappa shape index (κ3) is 4.29. The van der Waals surface area contributed by atoms with Gasteiger partial charge in [0.05, 0.1) is 0 Å². The van der Waals surface area contributed by atoms with Gasteiger partial charge < -0.3 is 9.84 Å². The molecule has 1 heterocycles. The third-order valence-corrected chi connectivity index (χ3v) is 3.24. The van der Waals surface area contributed by atoms with Gasteiger partial charge in [0.25, 0.3) is 0 Å². The van der Waals surface area contributed by atoms with Crippen molar-refractivity contribution in [1.82, 2.24) is 15.2 Å². The van der Waals surface area contributed by atoms with Gasteiger partial charge in [-0.05, 0) is 48.5 Å². The lowest BCUT2D eigenvalue weighted by atomic mass is 10.2. The Labute approximate surface area is 144 Å². The summed E-state index contributed by atoms with van der Waals surface area (Å²) >= 11 is 0. The maximum Gasteiger partial charge on any atom is 0.573 e. The van der Waals surface area contributed by atoms with E-state index in [4.69, 9.17) is 5.11 Å². The summed E-state index contributed by atoms with van der Waals surface area (Å²) in [7, 11) is 0. The van der Waals surface area contributed by atoms with Crippen molar-refractivity contribution in [1.29, 1.82) is 0 Å². The van der Waals surface area contributed by atoms with Crippen LogP contribution in [0.4, 0.5) is 23.7 Å². The minimum atomic E-state index is -4.75. The van der Waals surface area contributed by atoms with Gasteiger partial charge >= 0.3 is 12.5 Å². The highest BCUT2D eigenvalue weighted by molar-refractivity contribution is 5.83. The van der Waals surface area contributed by atoms with E-state index < -0.39 is 12.5 Å². The molecule has 1 aromatic heterocycles. The number of carbonyl (C=O) groups is 1. The van der Waals surface area contributed by atoms with Crippen molar-refractivity contribution in [2.45, 2.75) is 6.36 Å². The number of rotatable bonds is 4. The van der Waals surface area contributed by atoms with E-state index in [-0.39, 0.29) is 5.75 Å². The highest BCUT2D eigenvalue weighted by Gasteiger charge is 2.31. The maximum atomic E-state index is 12.2. The van der Waals surface area contributed by atoms with Crippen LogP contribution in [-0.2, 0) is 0 Å². The van der Waals surface area contributed by atoms with Crippen LogP contribution in [0.3, 0.4) is 0 Å². The van der Waals surface area contributed by atoms with E-state index >= 15 is 0 Å². The second kappa shape index (κ2) is 6.75. The van der Waals surface area contributed by atoms with Crippen molar-refractivity contribution in [2.75, 3.05) is 5.32 Å². The Hall–Kier alpha value is -3.56. The average molecular weight is 364 g/mol. The first-order valence-electron chi connectivity index (χ1n) is 7.19. The van der Waals surface area contributed by atoms with E-state index in [1.807, 2.05) is 0 Å². The molecule has 3 rings (SSSR count). The zero-order valence-corrected chi connectivity index (χ0v) is 12.9. The summed E-state index contributed by atoms with van der Waals surface area (Å²) in [5, 5.41) is 17.6. The molecule has 0 fully saturated rings. The smallest absolute Gasteiger partial charge is 0.465 e. The molecule has 10 heteroatoms. The number of halogens is 3. The van der Waals surface area contributed by atoms with E-state index in [1.165, 1.54) is 24.3 Å². The number of amides is 1. The second-order valence-electron chi connectivity index (χ2n) is 5.09. The first-order valence-corrected chi connectivity index (χ1v) is 7.19. The number of aromatic amines is 1. The van der Waals surface area contributed by atoms with Crippen LogP contribution in [-0.4, -0.2) is 32.7 Å². The van der Waals surface area contributed by atoms with E-state index in [9.17, 15) is 18.0 Å². The van der Waals surface area contributed by atoms with Crippen LogP contribution in [0.15, 0.2) is 48.5 Å². The molecule has 1 amide bonds. The highest BCUT2D eigenvalue weighted by Crippen LogP contribution is 2.26. The monoisotopic (exact) mass is 364 g/mol. The van der Waals surface area contributed by atoms with Gasteiger partial charge in [0.2, 0.25) is 0 Å². The first-order chi connectivity index (χ1) is 12.3. The van der Waals surface area contributed by atoms with E-state index in [1.54, 1.807) is 24.3 Å². The minimum absolute atomic E-state index is 0.331. The third-order valence-electron chi connectivity index (χ3n) is 3.24. The van der Waals surface area contributed by atoms with Gasteiger partial charge in [-0.15, -0.1) is 13.2 Å². The van der Waals surface area contributed by atoms with Crippen LogP contribution in [0.5, 0.6) is 5.75 Å². The molecule has 0 radical (unpaired) electrons. The molecule has 0 unspecified atom stereocenters. The van der Waals surface area contributed by atoms with Gasteiger partial charge in [-0.25, -0.2) is 9.78 Å². The zero-order chi connectivity index (χ0) is 18.7. The Balaban J connectivity index is 1.76. The van der Waals surface area contributed by atoms with Crippen molar-refractivity contribution in [2.24, 2.45) is 0 Å². The summed E-state index contributed by atoms with van der Waals surface area (Å²) in [6.07, 6.45) is -5.92. The zero-order valence-electron chi connectivity index (χ0n) is 12.9. The lowest BCUT2D eigenvalue weighted by molar-refractivity contribution is -0.274. The number of hydrogen-bond acceptors (Lipinski definition) is 4. The Kier molecular flexibility index (Phi) is 4.48. The number of aromatic nitrogens is 3.